The summed E-state index contributed by atoms with van der Waals surface area (Å²) in [5.41, 5.74) is 12.8. The number of amides is 1. The molecule has 5 nitrogen and oxygen atoms in total. The molecule has 1 aliphatic carbocycles. The third-order valence-corrected chi connectivity index (χ3v) is 4.83. The zero-order chi connectivity index (χ0) is 18.0. The van der Waals surface area contributed by atoms with Gasteiger partial charge in [-0.1, -0.05) is 35.9 Å². The molecule has 0 heterocycles. The molecule has 0 aromatic heterocycles. The van der Waals surface area contributed by atoms with Gasteiger partial charge in [0.1, 0.15) is 12.4 Å². The molecule has 1 fully saturated rings. The molecule has 3 rings (SSSR count). The van der Waals surface area contributed by atoms with Crippen molar-refractivity contribution < 1.29 is 9.53 Å². The number of rotatable bonds is 5. The maximum absolute atomic E-state index is 12.1. The molecule has 0 atom stereocenters. The number of hydrogen-bond acceptors (Lipinski definition) is 2. The summed E-state index contributed by atoms with van der Waals surface area (Å²) >= 11 is 6.19. The number of nitrogens with zero attached hydrogens (tertiary/aromatic N) is 3. The van der Waals surface area contributed by atoms with E-state index in [1.54, 1.807) is 12.1 Å². The lowest BCUT2D eigenvalue weighted by molar-refractivity contribution is 0.0997. The number of aryl methyl sites for hydroxylation is 2. The molecule has 25 heavy (non-hydrogen) atoms. The first-order valence-electron chi connectivity index (χ1n) is 8.12. The first-order chi connectivity index (χ1) is 12.0. The van der Waals surface area contributed by atoms with E-state index in [9.17, 15) is 4.79 Å². The van der Waals surface area contributed by atoms with Crippen LogP contribution in [0.4, 0.5) is 0 Å². The van der Waals surface area contributed by atoms with Gasteiger partial charge in [0, 0.05) is 21.1 Å². The van der Waals surface area contributed by atoms with Crippen molar-refractivity contribution >= 4 is 17.5 Å². The Hall–Kier alpha value is -2.49. The summed E-state index contributed by atoms with van der Waals surface area (Å²) < 4.78 is 5.97. The van der Waals surface area contributed by atoms with Crippen LogP contribution in [0.1, 0.15) is 51.4 Å². The van der Waals surface area contributed by atoms with Crippen LogP contribution in [0.15, 0.2) is 35.4 Å². The van der Waals surface area contributed by atoms with E-state index in [1.807, 2.05) is 32.0 Å². The second kappa shape index (κ2) is 7.18. The average Bonchev–Trinajstić information content (AvgIpc) is 3.42. The van der Waals surface area contributed by atoms with Crippen LogP contribution in [-0.2, 0) is 6.61 Å². The fraction of sp³-hybridized carbons (Fsp3) is 0.316. The Morgan fingerprint density at radius 1 is 1.32 bits per heavy atom. The third-order valence-electron chi connectivity index (χ3n) is 4.42. The highest BCUT2D eigenvalue weighted by molar-refractivity contribution is 6.31. The fourth-order valence-corrected chi connectivity index (χ4v) is 3.10. The molecule has 0 radical (unpaired) electrons. The summed E-state index contributed by atoms with van der Waals surface area (Å²) in [6.07, 6.45) is 2.20. The van der Waals surface area contributed by atoms with Gasteiger partial charge < -0.3 is 4.74 Å². The maximum Gasteiger partial charge on any atom is 0.249 e. The van der Waals surface area contributed by atoms with Gasteiger partial charge in [-0.05, 0) is 66.0 Å². The molecule has 0 saturated heterocycles. The molecule has 2 aromatic rings. The van der Waals surface area contributed by atoms with Crippen molar-refractivity contribution in [1.82, 2.24) is 0 Å². The SMILES string of the molecule is Cc1cc(C)c(OCc2c(C(=O)N=[N+]=[N-])cccc2C2CC2)cc1Cl. The maximum atomic E-state index is 12.1. The van der Waals surface area contributed by atoms with E-state index in [1.165, 1.54) is 0 Å². The highest BCUT2D eigenvalue weighted by Gasteiger charge is 2.28. The summed E-state index contributed by atoms with van der Waals surface area (Å²) in [5, 5.41) is 3.88. The molecule has 2 aromatic carbocycles. The number of azide groups is 1. The zero-order valence-electron chi connectivity index (χ0n) is 14.1. The molecule has 6 heteroatoms. The van der Waals surface area contributed by atoms with E-state index >= 15 is 0 Å². The highest BCUT2D eigenvalue weighted by Crippen LogP contribution is 2.42. The van der Waals surface area contributed by atoms with Gasteiger partial charge >= 0.3 is 0 Å². The lowest BCUT2D eigenvalue weighted by Gasteiger charge is -2.16. The van der Waals surface area contributed by atoms with Gasteiger partial charge in [-0.25, -0.2) is 0 Å². The van der Waals surface area contributed by atoms with Crippen LogP contribution >= 0.6 is 11.6 Å². The number of benzene rings is 2. The van der Waals surface area contributed by atoms with Crippen molar-refractivity contribution in [1.29, 1.82) is 0 Å². The summed E-state index contributed by atoms with van der Waals surface area (Å²) in [4.78, 5) is 14.8. The van der Waals surface area contributed by atoms with Crippen LogP contribution in [0.2, 0.25) is 5.02 Å². The van der Waals surface area contributed by atoms with E-state index in [0.29, 0.717) is 22.3 Å². The first kappa shape index (κ1) is 17.3. The standard InChI is InChI=1S/C19H18ClN3O2/c1-11-8-12(2)18(9-17(11)20)25-10-16-14(13-6-7-13)4-3-5-15(16)19(24)22-23-21/h3-5,8-9,13H,6-7,10H2,1-2H3. The summed E-state index contributed by atoms with van der Waals surface area (Å²) in [5.74, 6) is 0.547. The van der Waals surface area contributed by atoms with E-state index in [0.717, 1.165) is 35.1 Å². The van der Waals surface area contributed by atoms with Crippen molar-refractivity contribution in [2.24, 2.45) is 5.11 Å². The first-order valence-corrected chi connectivity index (χ1v) is 8.49. The predicted octanol–water partition coefficient (Wildman–Crippen LogP) is 5.86. The van der Waals surface area contributed by atoms with Gasteiger partial charge in [0.15, 0.2) is 0 Å². The average molecular weight is 356 g/mol. The van der Waals surface area contributed by atoms with Crippen LogP contribution < -0.4 is 4.74 Å². The van der Waals surface area contributed by atoms with Crippen LogP contribution in [0.3, 0.4) is 0 Å². The molecule has 0 spiro atoms. The van der Waals surface area contributed by atoms with Gasteiger partial charge in [0.2, 0.25) is 5.91 Å². The minimum Gasteiger partial charge on any atom is -0.489 e. The zero-order valence-corrected chi connectivity index (χ0v) is 14.9. The van der Waals surface area contributed by atoms with Crippen molar-refractivity contribution in [2.75, 3.05) is 0 Å². The molecule has 1 saturated carbocycles. The molecule has 0 unspecified atom stereocenters. The van der Waals surface area contributed by atoms with Crippen LogP contribution in [0.5, 0.6) is 5.75 Å². The smallest absolute Gasteiger partial charge is 0.249 e. The van der Waals surface area contributed by atoms with Crippen LogP contribution in [0, 0.1) is 13.8 Å². The normalized spacial score (nSPS) is 13.2. The lowest BCUT2D eigenvalue weighted by atomic mass is 9.98. The quantitative estimate of drug-likeness (QED) is 0.382. The number of hydrogen-bond donors (Lipinski definition) is 0. The molecular weight excluding hydrogens is 338 g/mol. The number of ether oxygens (including phenoxy) is 1. The number of carbonyl (C=O) groups is 1. The minimum atomic E-state index is -0.581. The molecule has 0 bridgehead atoms. The summed E-state index contributed by atoms with van der Waals surface area (Å²) in [7, 11) is 0. The topological polar surface area (TPSA) is 75.1 Å². The largest absolute Gasteiger partial charge is 0.489 e. The van der Waals surface area contributed by atoms with Gasteiger partial charge in [-0.15, -0.1) is 0 Å². The Labute approximate surface area is 151 Å². The monoisotopic (exact) mass is 355 g/mol. The van der Waals surface area contributed by atoms with Gasteiger partial charge in [0.05, 0.1) is 0 Å². The Bertz CT molecular complexity index is 884. The van der Waals surface area contributed by atoms with Crippen molar-refractivity contribution in [3.63, 3.8) is 0 Å². The second-order valence-corrected chi connectivity index (χ2v) is 6.70. The Kier molecular flexibility index (Phi) is 4.98. The van der Waals surface area contributed by atoms with E-state index < -0.39 is 5.91 Å². The summed E-state index contributed by atoms with van der Waals surface area (Å²) in [6.45, 7) is 4.13. The lowest BCUT2D eigenvalue weighted by Crippen LogP contribution is -2.08. The Morgan fingerprint density at radius 2 is 2.08 bits per heavy atom. The number of carbonyl (C=O) groups excluding carboxylic acids is 1. The van der Waals surface area contributed by atoms with E-state index in [4.69, 9.17) is 21.9 Å². The molecule has 1 amide bonds. The highest BCUT2D eigenvalue weighted by atomic mass is 35.5. The van der Waals surface area contributed by atoms with Crippen molar-refractivity contribution in [3.05, 3.63) is 73.6 Å². The summed E-state index contributed by atoms with van der Waals surface area (Å²) in [6, 6.07) is 9.28. The predicted molar refractivity (Wildman–Crippen MR) is 97.2 cm³/mol. The van der Waals surface area contributed by atoms with E-state index in [-0.39, 0.29) is 6.61 Å². The van der Waals surface area contributed by atoms with Crippen LogP contribution in [0.25, 0.3) is 10.4 Å². The van der Waals surface area contributed by atoms with Crippen molar-refractivity contribution in [2.45, 2.75) is 39.2 Å². The Balaban J connectivity index is 1.94. The molecule has 0 aliphatic heterocycles. The Morgan fingerprint density at radius 3 is 2.76 bits per heavy atom. The number of halogens is 1. The third kappa shape index (κ3) is 3.78. The molecule has 0 N–H and O–H groups in total. The van der Waals surface area contributed by atoms with Crippen molar-refractivity contribution in [3.8, 4) is 5.75 Å². The molecule has 128 valence electrons. The second-order valence-electron chi connectivity index (χ2n) is 6.30. The van der Waals surface area contributed by atoms with Gasteiger partial charge in [-0.3, -0.25) is 4.79 Å². The molecular formula is C19H18ClN3O2. The van der Waals surface area contributed by atoms with Gasteiger partial charge in [0.25, 0.3) is 0 Å². The minimum absolute atomic E-state index is 0.231. The van der Waals surface area contributed by atoms with Crippen LogP contribution in [-0.4, -0.2) is 5.91 Å². The fourth-order valence-electron chi connectivity index (χ4n) is 2.95. The van der Waals surface area contributed by atoms with E-state index in [2.05, 4.69) is 10.0 Å². The molecule has 1 aliphatic rings. The van der Waals surface area contributed by atoms with Gasteiger partial charge in [-0.2, -0.15) is 0 Å².